The van der Waals surface area contributed by atoms with Gasteiger partial charge in [0.15, 0.2) is 0 Å². The first-order chi connectivity index (χ1) is 11.1. The highest BCUT2D eigenvalue weighted by Crippen LogP contribution is 2.29. The number of amides is 1. The van der Waals surface area contributed by atoms with Crippen LogP contribution < -0.4 is 0 Å². The molecule has 1 aliphatic rings. The lowest BCUT2D eigenvalue weighted by atomic mass is 9.84. The zero-order chi connectivity index (χ0) is 18.1. The largest absolute Gasteiger partial charge is 0.481 e. The normalized spacial score (nSPS) is 17.3. The van der Waals surface area contributed by atoms with Crippen LogP contribution in [0.15, 0.2) is 6.33 Å². The number of carboxylic acids is 1. The Kier molecular flexibility index (Phi) is 4.96. The fourth-order valence-corrected chi connectivity index (χ4v) is 3.03. The van der Waals surface area contributed by atoms with Crippen LogP contribution in [0, 0.1) is 5.41 Å². The molecule has 1 N–H and O–H groups in total. The van der Waals surface area contributed by atoms with Gasteiger partial charge >= 0.3 is 11.9 Å². The number of imidazole rings is 1. The van der Waals surface area contributed by atoms with Crippen molar-refractivity contribution in [1.82, 2.24) is 14.5 Å². The third-order valence-corrected chi connectivity index (χ3v) is 4.28. The van der Waals surface area contributed by atoms with Crippen LogP contribution in [-0.2, 0) is 39.1 Å². The zero-order valence-electron chi connectivity index (χ0n) is 14.4. The maximum atomic E-state index is 12.8. The first kappa shape index (κ1) is 18.0. The van der Waals surface area contributed by atoms with Crippen LogP contribution in [0.3, 0.4) is 0 Å². The molecule has 0 bridgehead atoms. The van der Waals surface area contributed by atoms with Gasteiger partial charge in [0.05, 0.1) is 37.8 Å². The van der Waals surface area contributed by atoms with Gasteiger partial charge in [0.1, 0.15) is 6.04 Å². The number of carbonyl (C=O) groups excluding carboxylic acids is 2. The van der Waals surface area contributed by atoms with Crippen molar-refractivity contribution in [2.75, 3.05) is 7.11 Å². The molecule has 8 nitrogen and oxygen atoms in total. The van der Waals surface area contributed by atoms with E-state index in [1.165, 1.54) is 12.0 Å². The lowest BCUT2D eigenvalue weighted by Crippen LogP contribution is -2.50. The third kappa shape index (κ3) is 3.74. The number of aryl methyl sites for hydroxylation is 1. The predicted molar refractivity (Wildman–Crippen MR) is 83.9 cm³/mol. The highest BCUT2D eigenvalue weighted by Gasteiger charge is 2.39. The van der Waals surface area contributed by atoms with Crippen molar-refractivity contribution in [2.24, 2.45) is 12.5 Å². The van der Waals surface area contributed by atoms with Gasteiger partial charge in [0.2, 0.25) is 5.91 Å². The number of hydrogen-bond acceptors (Lipinski definition) is 5. The van der Waals surface area contributed by atoms with E-state index in [-0.39, 0.29) is 25.3 Å². The molecule has 0 saturated carbocycles. The maximum absolute atomic E-state index is 12.8. The van der Waals surface area contributed by atoms with Crippen LogP contribution in [0.4, 0.5) is 0 Å². The molecule has 132 valence electrons. The molecule has 1 aromatic rings. The number of aromatic nitrogens is 2. The minimum Gasteiger partial charge on any atom is -0.481 e. The molecule has 2 heterocycles. The molecule has 0 spiro atoms. The first-order valence-electron chi connectivity index (χ1n) is 7.73. The van der Waals surface area contributed by atoms with Crippen molar-refractivity contribution in [3.05, 3.63) is 17.7 Å². The molecule has 24 heavy (non-hydrogen) atoms. The van der Waals surface area contributed by atoms with E-state index >= 15 is 0 Å². The van der Waals surface area contributed by atoms with Crippen LogP contribution in [-0.4, -0.2) is 50.6 Å². The average molecular weight is 337 g/mol. The van der Waals surface area contributed by atoms with E-state index in [1.807, 2.05) is 11.6 Å². The number of carboxylic acid groups (broad SMARTS) is 1. The van der Waals surface area contributed by atoms with Crippen molar-refractivity contribution in [1.29, 1.82) is 0 Å². The lowest BCUT2D eigenvalue weighted by molar-refractivity contribution is -0.155. The fraction of sp³-hybridized carbons (Fsp3) is 0.625. The summed E-state index contributed by atoms with van der Waals surface area (Å²) in [4.78, 5) is 41.6. The monoisotopic (exact) mass is 337 g/mol. The summed E-state index contributed by atoms with van der Waals surface area (Å²) in [7, 11) is 3.12. The van der Waals surface area contributed by atoms with Gasteiger partial charge in [-0.2, -0.15) is 0 Å². The van der Waals surface area contributed by atoms with Crippen molar-refractivity contribution in [2.45, 2.75) is 45.7 Å². The zero-order valence-corrected chi connectivity index (χ0v) is 14.4. The Morgan fingerprint density at radius 3 is 2.62 bits per heavy atom. The minimum atomic E-state index is -0.954. The Morgan fingerprint density at radius 2 is 2.04 bits per heavy atom. The first-order valence-corrected chi connectivity index (χ1v) is 7.73. The summed E-state index contributed by atoms with van der Waals surface area (Å²) in [6.45, 7) is 3.71. The molecule has 1 atom stereocenters. The summed E-state index contributed by atoms with van der Waals surface area (Å²) in [5.74, 6) is -1.70. The molecule has 1 aliphatic heterocycles. The Balaban J connectivity index is 2.24. The van der Waals surface area contributed by atoms with E-state index in [0.717, 1.165) is 11.4 Å². The standard InChI is InChI=1S/C16H23N3O5/c1-16(2,7-14(21)22)6-13(20)19-8-12-10(17-9-18(12)3)5-11(19)15(23)24-4/h9,11H,5-8H2,1-4H3,(H,21,22)/t11-/m0/s1. The van der Waals surface area contributed by atoms with Crippen molar-refractivity contribution < 1.29 is 24.2 Å². The minimum absolute atomic E-state index is 0.0416. The van der Waals surface area contributed by atoms with E-state index in [2.05, 4.69) is 4.98 Å². The summed E-state index contributed by atoms with van der Waals surface area (Å²) in [5.41, 5.74) is 0.956. The van der Waals surface area contributed by atoms with Gasteiger partial charge in [-0.3, -0.25) is 9.59 Å². The predicted octanol–water partition coefficient (Wildman–Crippen LogP) is 0.737. The highest BCUT2D eigenvalue weighted by atomic mass is 16.5. The fourth-order valence-electron chi connectivity index (χ4n) is 3.03. The number of fused-ring (bicyclic) bond motifs is 1. The second kappa shape index (κ2) is 6.62. The molecule has 0 unspecified atom stereocenters. The second-order valence-corrected chi connectivity index (χ2v) is 6.93. The maximum Gasteiger partial charge on any atom is 0.329 e. The van der Waals surface area contributed by atoms with Gasteiger partial charge in [0.25, 0.3) is 0 Å². The molecule has 0 radical (unpaired) electrons. The number of esters is 1. The van der Waals surface area contributed by atoms with Gasteiger partial charge < -0.3 is 19.3 Å². The molecule has 0 aromatic carbocycles. The molecule has 1 aromatic heterocycles. The Hall–Kier alpha value is -2.38. The second-order valence-electron chi connectivity index (χ2n) is 6.93. The van der Waals surface area contributed by atoms with E-state index in [1.54, 1.807) is 20.2 Å². The quantitative estimate of drug-likeness (QED) is 0.795. The Bertz CT molecular complexity index is 665. The average Bonchev–Trinajstić information content (AvgIpc) is 2.84. The molecule has 2 rings (SSSR count). The molecule has 8 heteroatoms. The van der Waals surface area contributed by atoms with E-state index in [0.29, 0.717) is 6.42 Å². The van der Waals surface area contributed by atoms with Gasteiger partial charge in [-0.25, -0.2) is 9.78 Å². The smallest absolute Gasteiger partial charge is 0.329 e. The van der Waals surface area contributed by atoms with Crippen LogP contribution in [0.1, 0.15) is 38.1 Å². The van der Waals surface area contributed by atoms with Crippen LogP contribution in [0.25, 0.3) is 0 Å². The van der Waals surface area contributed by atoms with Gasteiger partial charge in [-0.1, -0.05) is 13.8 Å². The molecule has 0 saturated heterocycles. The molecule has 0 aliphatic carbocycles. The van der Waals surface area contributed by atoms with Gasteiger partial charge in [0, 0.05) is 19.9 Å². The van der Waals surface area contributed by atoms with Crippen molar-refractivity contribution in [3.8, 4) is 0 Å². The van der Waals surface area contributed by atoms with Gasteiger partial charge in [-0.15, -0.1) is 0 Å². The Morgan fingerprint density at radius 1 is 1.38 bits per heavy atom. The Labute approximate surface area is 140 Å². The van der Waals surface area contributed by atoms with E-state index in [9.17, 15) is 14.4 Å². The number of methoxy groups -OCH3 is 1. The topological polar surface area (TPSA) is 102 Å². The summed E-state index contributed by atoms with van der Waals surface area (Å²) in [6, 6.07) is -0.731. The number of ether oxygens (including phenoxy) is 1. The summed E-state index contributed by atoms with van der Waals surface area (Å²) < 4.78 is 6.65. The van der Waals surface area contributed by atoms with Gasteiger partial charge in [-0.05, 0) is 5.41 Å². The molecular weight excluding hydrogens is 314 g/mol. The SMILES string of the molecule is COC(=O)[C@@H]1Cc2ncn(C)c2CN1C(=O)CC(C)(C)CC(=O)O. The van der Waals surface area contributed by atoms with Crippen molar-refractivity contribution in [3.63, 3.8) is 0 Å². The van der Waals surface area contributed by atoms with E-state index in [4.69, 9.17) is 9.84 Å². The summed E-state index contributed by atoms with van der Waals surface area (Å²) in [5, 5.41) is 8.98. The molecular formula is C16H23N3O5. The van der Waals surface area contributed by atoms with Crippen molar-refractivity contribution >= 4 is 17.8 Å². The number of nitrogens with zero attached hydrogens (tertiary/aromatic N) is 3. The van der Waals surface area contributed by atoms with Crippen LogP contribution in [0.2, 0.25) is 0 Å². The summed E-state index contributed by atoms with van der Waals surface area (Å²) in [6.07, 6.45) is 1.88. The highest BCUT2D eigenvalue weighted by molar-refractivity contribution is 5.86. The molecule has 1 amide bonds. The molecule has 0 fully saturated rings. The van der Waals surface area contributed by atoms with E-state index < -0.39 is 23.4 Å². The van der Waals surface area contributed by atoms with Crippen LogP contribution >= 0.6 is 0 Å². The lowest BCUT2D eigenvalue weighted by Gasteiger charge is -2.35. The number of aliphatic carboxylic acids is 1. The summed E-state index contributed by atoms with van der Waals surface area (Å²) >= 11 is 0. The number of hydrogen-bond donors (Lipinski definition) is 1. The van der Waals surface area contributed by atoms with Crippen LogP contribution in [0.5, 0.6) is 0 Å². The number of rotatable bonds is 5. The third-order valence-electron chi connectivity index (χ3n) is 4.28. The number of carbonyl (C=O) groups is 3.